The molecule has 1 heterocycles. The van der Waals surface area contributed by atoms with E-state index in [1.165, 1.54) is 0 Å². The van der Waals surface area contributed by atoms with E-state index in [0.717, 1.165) is 5.56 Å². The van der Waals surface area contributed by atoms with Crippen molar-refractivity contribution in [3.05, 3.63) is 63.5 Å². The summed E-state index contributed by atoms with van der Waals surface area (Å²) in [6.07, 6.45) is 0. The maximum Gasteiger partial charge on any atom is 0.247 e. The number of aromatic nitrogens is 2. The van der Waals surface area contributed by atoms with E-state index in [-0.39, 0.29) is 5.89 Å². The molecule has 1 unspecified atom stereocenters. The second-order valence-corrected chi connectivity index (χ2v) is 7.71. The molecule has 0 fully saturated rings. The number of nitrogens with one attached hydrogen (secondary N) is 1. The van der Waals surface area contributed by atoms with Gasteiger partial charge in [0, 0.05) is 16.3 Å². The van der Waals surface area contributed by atoms with Gasteiger partial charge < -0.3 is 14.8 Å². The minimum Gasteiger partial charge on any atom is -0.418 e. The lowest BCUT2D eigenvalue weighted by Gasteiger charge is -2.29. The Bertz CT molecular complexity index is 1030. The fourth-order valence-electron chi connectivity index (χ4n) is 2.68. The molecule has 0 bridgehead atoms. The fraction of sp³-hybridized carbons (Fsp3) is 0.250. The van der Waals surface area contributed by atoms with Crippen LogP contribution in [0.3, 0.4) is 0 Å². The third-order valence-corrected chi connectivity index (χ3v) is 5.03. The van der Waals surface area contributed by atoms with Crippen molar-refractivity contribution < 1.29 is 9.52 Å². The van der Waals surface area contributed by atoms with Crippen LogP contribution in [-0.4, -0.2) is 20.9 Å². The van der Waals surface area contributed by atoms with Crippen molar-refractivity contribution in [1.82, 2.24) is 10.2 Å². The first-order chi connectivity index (χ1) is 13.2. The molecule has 1 atom stereocenters. The topological polar surface area (TPSA) is 95.0 Å². The van der Waals surface area contributed by atoms with Crippen molar-refractivity contribution >= 4 is 28.9 Å². The summed E-state index contributed by atoms with van der Waals surface area (Å²) in [6, 6.07) is 11.7. The minimum atomic E-state index is -1.23. The zero-order valence-electron chi connectivity index (χ0n) is 15.5. The van der Waals surface area contributed by atoms with Gasteiger partial charge in [0.15, 0.2) is 0 Å². The third kappa shape index (κ3) is 4.12. The number of benzene rings is 2. The number of rotatable bonds is 5. The largest absolute Gasteiger partial charge is 0.418 e. The molecule has 28 heavy (non-hydrogen) atoms. The van der Waals surface area contributed by atoms with Crippen LogP contribution >= 0.6 is 23.2 Å². The van der Waals surface area contributed by atoms with Gasteiger partial charge in [-0.3, -0.25) is 0 Å². The third-order valence-electron chi connectivity index (χ3n) is 4.29. The summed E-state index contributed by atoms with van der Waals surface area (Å²) in [5.41, 5.74) is 1.22. The standard InChI is InChI=1S/C20H18Cl2N4O2/c1-11-15(9-6-13(10-23)16(11)22)24-17(20(2,3)27)19-26-25-18(28-19)12-4-7-14(21)8-5-12/h4-9,17,24,27H,1-3H3. The molecule has 0 amide bonds. The van der Waals surface area contributed by atoms with Gasteiger partial charge in [-0.05, 0) is 62.7 Å². The molecule has 3 aromatic rings. The Morgan fingerprint density at radius 2 is 1.82 bits per heavy atom. The van der Waals surface area contributed by atoms with Gasteiger partial charge in [0.1, 0.15) is 12.1 Å². The van der Waals surface area contributed by atoms with Gasteiger partial charge in [0.2, 0.25) is 11.8 Å². The second-order valence-electron chi connectivity index (χ2n) is 6.89. The van der Waals surface area contributed by atoms with Gasteiger partial charge in [-0.15, -0.1) is 10.2 Å². The first-order valence-corrected chi connectivity index (χ1v) is 9.23. The molecule has 2 N–H and O–H groups in total. The Labute approximate surface area is 172 Å². The highest BCUT2D eigenvalue weighted by Crippen LogP contribution is 2.34. The van der Waals surface area contributed by atoms with Crippen LogP contribution in [0.2, 0.25) is 10.0 Å². The molecule has 1 aromatic heterocycles. The number of aliphatic hydroxyl groups is 1. The minimum absolute atomic E-state index is 0.220. The quantitative estimate of drug-likeness (QED) is 0.596. The maximum atomic E-state index is 10.7. The predicted molar refractivity (Wildman–Crippen MR) is 108 cm³/mol. The molecule has 0 aliphatic rings. The van der Waals surface area contributed by atoms with Gasteiger partial charge >= 0.3 is 0 Å². The highest BCUT2D eigenvalue weighted by molar-refractivity contribution is 6.32. The summed E-state index contributed by atoms with van der Waals surface area (Å²) in [7, 11) is 0. The van der Waals surface area contributed by atoms with E-state index in [4.69, 9.17) is 32.9 Å². The Kier molecular flexibility index (Phi) is 5.61. The molecule has 0 saturated heterocycles. The van der Waals surface area contributed by atoms with Crippen LogP contribution < -0.4 is 5.32 Å². The molecule has 0 aliphatic heterocycles. The second kappa shape index (κ2) is 7.80. The number of anilines is 1. The maximum absolute atomic E-state index is 10.7. The number of hydrogen-bond acceptors (Lipinski definition) is 6. The summed E-state index contributed by atoms with van der Waals surface area (Å²) in [5.74, 6) is 0.537. The van der Waals surface area contributed by atoms with Crippen molar-refractivity contribution in [3.8, 4) is 17.5 Å². The van der Waals surface area contributed by atoms with E-state index < -0.39 is 11.6 Å². The number of halogens is 2. The number of hydrogen-bond donors (Lipinski definition) is 2. The Morgan fingerprint density at radius 3 is 2.43 bits per heavy atom. The van der Waals surface area contributed by atoms with Crippen molar-refractivity contribution in [2.45, 2.75) is 32.4 Å². The van der Waals surface area contributed by atoms with E-state index in [1.54, 1.807) is 57.2 Å². The average molecular weight is 417 g/mol. The molecular weight excluding hydrogens is 399 g/mol. The number of nitrogens with zero attached hydrogens (tertiary/aromatic N) is 3. The molecule has 0 aliphatic carbocycles. The Morgan fingerprint density at radius 1 is 1.14 bits per heavy atom. The average Bonchev–Trinajstić information content (AvgIpc) is 3.12. The van der Waals surface area contributed by atoms with E-state index >= 15 is 0 Å². The van der Waals surface area contributed by atoms with Crippen molar-refractivity contribution in [2.75, 3.05) is 5.32 Å². The SMILES string of the molecule is Cc1c(NC(c2nnc(-c3ccc(Cl)cc3)o2)C(C)(C)O)ccc(C#N)c1Cl. The molecule has 0 spiro atoms. The first kappa shape index (κ1) is 20.2. The van der Waals surface area contributed by atoms with Crippen LogP contribution in [0.4, 0.5) is 5.69 Å². The fourth-order valence-corrected chi connectivity index (χ4v) is 3.02. The van der Waals surface area contributed by atoms with E-state index in [9.17, 15) is 5.11 Å². The number of nitriles is 1. The van der Waals surface area contributed by atoms with Gasteiger partial charge in [0.05, 0.1) is 16.2 Å². The lowest BCUT2D eigenvalue weighted by molar-refractivity contribution is 0.0502. The van der Waals surface area contributed by atoms with Crippen LogP contribution in [0, 0.1) is 18.3 Å². The molecule has 2 aromatic carbocycles. The molecule has 0 saturated carbocycles. The lowest BCUT2D eigenvalue weighted by atomic mass is 9.97. The summed E-state index contributed by atoms with van der Waals surface area (Å²) in [4.78, 5) is 0. The van der Waals surface area contributed by atoms with Crippen LogP contribution in [0.5, 0.6) is 0 Å². The summed E-state index contributed by atoms with van der Waals surface area (Å²) < 4.78 is 5.81. The molecular formula is C20H18Cl2N4O2. The van der Waals surface area contributed by atoms with Gasteiger partial charge in [-0.2, -0.15) is 5.26 Å². The predicted octanol–water partition coefficient (Wildman–Crippen LogP) is 5.15. The molecule has 144 valence electrons. The van der Waals surface area contributed by atoms with Gasteiger partial charge in [-0.1, -0.05) is 23.2 Å². The van der Waals surface area contributed by atoms with E-state index in [0.29, 0.717) is 32.8 Å². The van der Waals surface area contributed by atoms with Crippen LogP contribution in [-0.2, 0) is 0 Å². The zero-order valence-corrected chi connectivity index (χ0v) is 17.0. The summed E-state index contributed by atoms with van der Waals surface area (Å²) >= 11 is 12.2. The Hall–Kier alpha value is -2.59. The van der Waals surface area contributed by atoms with Crippen LogP contribution in [0.15, 0.2) is 40.8 Å². The molecule has 0 radical (unpaired) electrons. The zero-order chi connectivity index (χ0) is 20.5. The summed E-state index contributed by atoms with van der Waals surface area (Å²) in [5, 5.41) is 32.1. The van der Waals surface area contributed by atoms with Crippen molar-refractivity contribution in [3.63, 3.8) is 0 Å². The van der Waals surface area contributed by atoms with Crippen molar-refractivity contribution in [2.24, 2.45) is 0 Å². The highest BCUT2D eigenvalue weighted by Gasteiger charge is 2.34. The monoisotopic (exact) mass is 416 g/mol. The van der Waals surface area contributed by atoms with Crippen LogP contribution in [0.1, 0.15) is 36.9 Å². The van der Waals surface area contributed by atoms with Gasteiger partial charge in [0.25, 0.3) is 0 Å². The van der Waals surface area contributed by atoms with Crippen LogP contribution in [0.25, 0.3) is 11.5 Å². The Balaban J connectivity index is 1.96. The lowest BCUT2D eigenvalue weighted by Crippen LogP contribution is -2.34. The molecule has 6 nitrogen and oxygen atoms in total. The first-order valence-electron chi connectivity index (χ1n) is 8.48. The van der Waals surface area contributed by atoms with E-state index in [2.05, 4.69) is 15.5 Å². The summed E-state index contributed by atoms with van der Waals surface area (Å²) in [6.45, 7) is 5.06. The van der Waals surface area contributed by atoms with E-state index in [1.807, 2.05) is 6.07 Å². The molecule has 3 rings (SSSR count). The molecule has 8 heteroatoms. The van der Waals surface area contributed by atoms with Crippen molar-refractivity contribution in [1.29, 1.82) is 5.26 Å². The smallest absolute Gasteiger partial charge is 0.247 e. The normalized spacial score (nSPS) is 12.5. The van der Waals surface area contributed by atoms with Gasteiger partial charge in [-0.25, -0.2) is 0 Å². The highest BCUT2D eigenvalue weighted by atomic mass is 35.5.